The number of benzene rings is 3. The van der Waals surface area contributed by atoms with Gasteiger partial charge in [0.25, 0.3) is 5.91 Å². The number of hydrogen-bond acceptors (Lipinski definition) is 2. The van der Waals surface area contributed by atoms with Gasteiger partial charge in [-0.05, 0) is 24.3 Å². The van der Waals surface area contributed by atoms with E-state index in [0.717, 1.165) is 11.4 Å². The zero-order valence-corrected chi connectivity index (χ0v) is 12.5. The fourth-order valence-corrected chi connectivity index (χ4v) is 2.27. The van der Waals surface area contributed by atoms with Gasteiger partial charge in [0.05, 0.1) is 11.4 Å². The Labute approximate surface area is 136 Å². The average molecular weight is 298 g/mol. The number of carbonyl (C=O) groups is 1. The number of hydrogen-bond donors (Lipinski definition) is 2. The summed E-state index contributed by atoms with van der Waals surface area (Å²) in [4.78, 5) is 12.4. The lowest BCUT2D eigenvalue weighted by Gasteiger charge is -2.14. The summed E-state index contributed by atoms with van der Waals surface area (Å²) in [5.41, 5.74) is 3.39. The van der Waals surface area contributed by atoms with Gasteiger partial charge in [-0.1, -0.05) is 60.1 Å². The van der Waals surface area contributed by atoms with E-state index in [1.807, 2.05) is 54.6 Å². The molecule has 0 saturated carbocycles. The molecule has 0 spiro atoms. The van der Waals surface area contributed by atoms with Gasteiger partial charge in [0.1, 0.15) is 7.85 Å². The zero-order chi connectivity index (χ0) is 16.1. The van der Waals surface area contributed by atoms with E-state index in [-0.39, 0.29) is 5.91 Å². The third kappa shape index (κ3) is 3.61. The van der Waals surface area contributed by atoms with Crippen LogP contribution in [0.25, 0.3) is 0 Å². The Hall–Kier alpha value is -3.01. The van der Waals surface area contributed by atoms with E-state index < -0.39 is 0 Å². The molecule has 3 nitrogen and oxygen atoms in total. The van der Waals surface area contributed by atoms with Gasteiger partial charge in [-0.15, -0.1) is 0 Å². The predicted octanol–water partition coefficient (Wildman–Crippen LogP) is 3.48. The average Bonchev–Trinajstić information content (AvgIpc) is 2.58. The summed E-state index contributed by atoms with van der Waals surface area (Å²) < 4.78 is 0. The van der Waals surface area contributed by atoms with Crippen LogP contribution in [0.2, 0.25) is 0 Å². The van der Waals surface area contributed by atoms with Gasteiger partial charge in [-0.25, -0.2) is 0 Å². The normalized spacial score (nSPS) is 10.1. The summed E-state index contributed by atoms with van der Waals surface area (Å²) in [6, 6.07) is 24.4. The molecule has 0 heterocycles. The van der Waals surface area contributed by atoms with Crippen molar-refractivity contribution in [1.82, 2.24) is 0 Å². The molecule has 23 heavy (non-hydrogen) atoms. The van der Waals surface area contributed by atoms with Crippen LogP contribution in [0.3, 0.4) is 0 Å². The van der Waals surface area contributed by atoms with Gasteiger partial charge in [0.15, 0.2) is 0 Å². The topological polar surface area (TPSA) is 41.1 Å². The number of nitrogens with one attached hydrogen (secondary N) is 2. The van der Waals surface area contributed by atoms with Crippen LogP contribution in [0.15, 0.2) is 78.9 Å². The fraction of sp³-hybridized carbons (Fsp3) is 0. The summed E-state index contributed by atoms with van der Waals surface area (Å²) in [7, 11) is 5.86. The molecule has 0 aliphatic heterocycles. The van der Waals surface area contributed by atoms with Gasteiger partial charge in [-0.3, -0.25) is 4.79 Å². The van der Waals surface area contributed by atoms with Gasteiger partial charge in [0.2, 0.25) is 0 Å². The summed E-state index contributed by atoms with van der Waals surface area (Å²) in [5, 5.41) is 6.20. The second kappa shape index (κ2) is 6.84. The van der Waals surface area contributed by atoms with Crippen molar-refractivity contribution < 1.29 is 4.79 Å². The van der Waals surface area contributed by atoms with E-state index in [1.165, 1.54) is 0 Å². The maximum absolute atomic E-state index is 12.4. The minimum atomic E-state index is -0.231. The van der Waals surface area contributed by atoms with Crippen molar-refractivity contribution in [3.63, 3.8) is 0 Å². The Morgan fingerprint density at radius 1 is 0.739 bits per heavy atom. The Morgan fingerprint density at radius 2 is 1.35 bits per heavy atom. The van der Waals surface area contributed by atoms with Crippen molar-refractivity contribution >= 4 is 36.3 Å². The summed E-state index contributed by atoms with van der Waals surface area (Å²) in [5.74, 6) is -0.231. The van der Waals surface area contributed by atoms with Crippen LogP contribution in [0.5, 0.6) is 0 Å². The van der Waals surface area contributed by atoms with Crippen LogP contribution in [0.1, 0.15) is 10.4 Å². The lowest BCUT2D eigenvalue weighted by atomic mass is 9.90. The number of carbonyl (C=O) groups excluding carboxylic acids is 1. The molecule has 3 aromatic rings. The highest BCUT2D eigenvalue weighted by molar-refractivity contribution is 6.37. The molecule has 0 saturated heterocycles. The molecule has 0 fully saturated rings. The largest absolute Gasteiger partial charge is 0.354 e. The lowest BCUT2D eigenvalue weighted by Crippen LogP contribution is -2.21. The summed E-state index contributed by atoms with van der Waals surface area (Å²) in [6.07, 6.45) is 0. The smallest absolute Gasteiger partial charge is 0.255 e. The number of amides is 1. The highest BCUT2D eigenvalue weighted by Gasteiger charge is 2.10. The van der Waals surface area contributed by atoms with Crippen molar-refractivity contribution in [3.05, 3.63) is 84.4 Å². The van der Waals surface area contributed by atoms with Crippen LogP contribution in [-0.2, 0) is 0 Å². The molecule has 0 bridgehead atoms. The van der Waals surface area contributed by atoms with E-state index in [2.05, 4.69) is 10.6 Å². The van der Waals surface area contributed by atoms with Gasteiger partial charge in [0, 0.05) is 11.3 Å². The molecule has 3 aromatic carbocycles. The molecular formula is C19H15BN2O. The molecule has 1 amide bonds. The first-order valence-electron chi connectivity index (χ1n) is 7.31. The third-order valence-electron chi connectivity index (χ3n) is 3.43. The van der Waals surface area contributed by atoms with Crippen molar-refractivity contribution in [2.75, 3.05) is 10.6 Å². The van der Waals surface area contributed by atoms with Crippen LogP contribution < -0.4 is 16.1 Å². The first-order valence-corrected chi connectivity index (χ1v) is 7.31. The van der Waals surface area contributed by atoms with Crippen LogP contribution in [0.4, 0.5) is 17.1 Å². The van der Waals surface area contributed by atoms with Gasteiger partial charge < -0.3 is 10.6 Å². The van der Waals surface area contributed by atoms with Crippen molar-refractivity contribution in [3.8, 4) is 0 Å². The second-order valence-electron chi connectivity index (χ2n) is 5.08. The molecule has 0 aromatic heterocycles. The van der Waals surface area contributed by atoms with Gasteiger partial charge in [-0.2, -0.15) is 0 Å². The minimum absolute atomic E-state index is 0.231. The summed E-state index contributed by atoms with van der Waals surface area (Å²) >= 11 is 0. The molecule has 0 aliphatic carbocycles. The third-order valence-corrected chi connectivity index (χ3v) is 3.43. The summed E-state index contributed by atoms with van der Waals surface area (Å²) in [6.45, 7) is 0. The monoisotopic (exact) mass is 298 g/mol. The van der Waals surface area contributed by atoms with E-state index >= 15 is 0 Å². The van der Waals surface area contributed by atoms with Crippen LogP contribution in [0, 0.1) is 0 Å². The molecular weight excluding hydrogens is 283 g/mol. The molecule has 3 rings (SSSR count). The zero-order valence-electron chi connectivity index (χ0n) is 12.5. The fourth-order valence-electron chi connectivity index (χ4n) is 2.27. The van der Waals surface area contributed by atoms with Crippen molar-refractivity contribution in [2.45, 2.75) is 0 Å². The molecule has 4 heteroatoms. The number of anilines is 3. The molecule has 0 atom stereocenters. The van der Waals surface area contributed by atoms with Crippen LogP contribution >= 0.6 is 0 Å². The molecule has 110 valence electrons. The highest BCUT2D eigenvalue weighted by atomic mass is 16.1. The van der Waals surface area contributed by atoms with Crippen molar-refractivity contribution in [1.29, 1.82) is 0 Å². The molecule has 2 N–H and O–H groups in total. The quantitative estimate of drug-likeness (QED) is 0.724. The first-order chi connectivity index (χ1) is 11.2. The van der Waals surface area contributed by atoms with Gasteiger partial charge >= 0.3 is 0 Å². The van der Waals surface area contributed by atoms with E-state index in [4.69, 9.17) is 7.85 Å². The Balaban J connectivity index is 1.84. The Morgan fingerprint density at radius 3 is 2.09 bits per heavy atom. The first kappa shape index (κ1) is 14.9. The molecule has 0 aliphatic rings. The van der Waals surface area contributed by atoms with Crippen LogP contribution in [-0.4, -0.2) is 13.8 Å². The number of rotatable bonds is 4. The molecule has 0 unspecified atom stereocenters. The predicted molar refractivity (Wildman–Crippen MR) is 95.9 cm³/mol. The standard InChI is InChI=1S/C19H15BN2O/c20-16-11-5-4-10-15(16)19(23)22-18-13-7-6-12-17(18)21-14-8-2-1-3-9-14/h1-13,21H,(H,22,23). The van der Waals surface area contributed by atoms with E-state index in [9.17, 15) is 4.79 Å². The van der Waals surface area contributed by atoms with E-state index in [1.54, 1.807) is 24.3 Å². The van der Waals surface area contributed by atoms with Crippen molar-refractivity contribution in [2.24, 2.45) is 0 Å². The van der Waals surface area contributed by atoms with E-state index in [0.29, 0.717) is 16.7 Å². The highest BCUT2D eigenvalue weighted by Crippen LogP contribution is 2.25. The second-order valence-corrected chi connectivity index (χ2v) is 5.08. The maximum Gasteiger partial charge on any atom is 0.255 e. The maximum atomic E-state index is 12.4. The lowest BCUT2D eigenvalue weighted by molar-refractivity contribution is 0.102. The number of para-hydroxylation sites is 3. The Bertz CT molecular complexity index is 818. The SMILES string of the molecule is [B]c1ccccc1C(=O)Nc1ccccc1Nc1ccccc1. The Kier molecular flexibility index (Phi) is 4.43. The molecule has 2 radical (unpaired) electrons. The minimum Gasteiger partial charge on any atom is -0.354 e.